The summed E-state index contributed by atoms with van der Waals surface area (Å²) in [5.41, 5.74) is -0.349. The number of amides is 1. The minimum Gasteiger partial charge on any atom is -0.380 e. The van der Waals surface area contributed by atoms with Gasteiger partial charge in [-0.05, 0) is 13.8 Å². The van der Waals surface area contributed by atoms with Crippen LogP contribution in [0, 0.1) is 10.1 Å². The predicted octanol–water partition coefficient (Wildman–Crippen LogP) is 1.19. The SMILES string of the molecule is CCNc1cc(C(=O)NCC(C)OC)c([N+](=O)[O-])cn1. The third-order valence-electron chi connectivity index (χ3n) is 2.63. The van der Waals surface area contributed by atoms with Gasteiger partial charge in [-0.15, -0.1) is 0 Å². The molecule has 0 saturated carbocycles. The van der Waals surface area contributed by atoms with Gasteiger partial charge in [0.2, 0.25) is 0 Å². The van der Waals surface area contributed by atoms with E-state index in [2.05, 4.69) is 15.6 Å². The van der Waals surface area contributed by atoms with E-state index in [0.29, 0.717) is 12.4 Å². The van der Waals surface area contributed by atoms with Crippen LogP contribution in [0.3, 0.4) is 0 Å². The Morgan fingerprint density at radius 1 is 1.60 bits per heavy atom. The highest BCUT2D eigenvalue weighted by molar-refractivity contribution is 5.98. The number of carbonyl (C=O) groups is 1. The molecule has 0 spiro atoms. The minimum atomic E-state index is -0.628. The van der Waals surface area contributed by atoms with Crippen LogP contribution in [0.1, 0.15) is 24.2 Å². The molecule has 1 rings (SSSR count). The fourth-order valence-electron chi connectivity index (χ4n) is 1.47. The zero-order valence-electron chi connectivity index (χ0n) is 11.7. The highest BCUT2D eigenvalue weighted by atomic mass is 16.6. The lowest BCUT2D eigenvalue weighted by Crippen LogP contribution is -2.32. The Hall–Kier alpha value is -2.22. The van der Waals surface area contributed by atoms with E-state index < -0.39 is 10.8 Å². The molecular weight excluding hydrogens is 264 g/mol. The van der Waals surface area contributed by atoms with Gasteiger partial charge >= 0.3 is 0 Å². The van der Waals surface area contributed by atoms with Crippen LogP contribution >= 0.6 is 0 Å². The molecule has 0 aromatic carbocycles. The number of pyridine rings is 1. The van der Waals surface area contributed by atoms with Crippen molar-refractivity contribution in [3.8, 4) is 0 Å². The number of carbonyl (C=O) groups excluding carboxylic acids is 1. The van der Waals surface area contributed by atoms with E-state index in [4.69, 9.17) is 4.74 Å². The molecule has 0 radical (unpaired) electrons. The zero-order chi connectivity index (χ0) is 15.1. The molecule has 1 unspecified atom stereocenters. The standard InChI is InChI=1S/C12H18N4O4/c1-4-13-11-5-9(10(7-14-11)16(18)19)12(17)15-6-8(2)20-3/h5,7-8H,4,6H2,1-3H3,(H,13,14)(H,15,17). The van der Waals surface area contributed by atoms with Gasteiger partial charge in [0.1, 0.15) is 17.6 Å². The molecule has 1 aromatic rings. The van der Waals surface area contributed by atoms with Crippen LogP contribution in [0.5, 0.6) is 0 Å². The molecule has 0 fully saturated rings. The number of anilines is 1. The summed E-state index contributed by atoms with van der Waals surface area (Å²) < 4.78 is 5.00. The van der Waals surface area contributed by atoms with Gasteiger partial charge < -0.3 is 15.4 Å². The Kier molecular flexibility index (Phi) is 5.85. The molecule has 1 atom stereocenters. The van der Waals surface area contributed by atoms with E-state index >= 15 is 0 Å². The monoisotopic (exact) mass is 282 g/mol. The first-order valence-electron chi connectivity index (χ1n) is 6.18. The average Bonchev–Trinajstić information content (AvgIpc) is 2.44. The molecule has 1 aromatic heterocycles. The van der Waals surface area contributed by atoms with E-state index in [1.807, 2.05) is 6.92 Å². The van der Waals surface area contributed by atoms with Gasteiger partial charge in [0.15, 0.2) is 0 Å². The maximum Gasteiger partial charge on any atom is 0.300 e. The number of methoxy groups -OCH3 is 1. The summed E-state index contributed by atoms with van der Waals surface area (Å²) in [4.78, 5) is 26.2. The number of hydrogen-bond acceptors (Lipinski definition) is 6. The Morgan fingerprint density at radius 3 is 2.85 bits per heavy atom. The maximum absolute atomic E-state index is 12.0. The quantitative estimate of drug-likeness (QED) is 0.574. The lowest BCUT2D eigenvalue weighted by atomic mass is 10.2. The molecule has 1 heterocycles. The molecule has 8 heteroatoms. The first kappa shape index (κ1) is 15.8. The number of aromatic nitrogens is 1. The van der Waals surface area contributed by atoms with Crippen molar-refractivity contribution in [3.05, 3.63) is 27.9 Å². The summed E-state index contributed by atoms with van der Waals surface area (Å²) in [6.07, 6.45) is 0.903. The van der Waals surface area contributed by atoms with E-state index in [0.717, 1.165) is 6.20 Å². The Labute approximate surface area is 116 Å². The van der Waals surface area contributed by atoms with Crippen LogP contribution in [0.4, 0.5) is 11.5 Å². The van der Waals surface area contributed by atoms with E-state index in [1.54, 1.807) is 6.92 Å². The smallest absolute Gasteiger partial charge is 0.300 e. The molecular formula is C12H18N4O4. The first-order valence-corrected chi connectivity index (χ1v) is 6.18. The van der Waals surface area contributed by atoms with Gasteiger partial charge in [-0.2, -0.15) is 0 Å². The van der Waals surface area contributed by atoms with Crippen molar-refractivity contribution in [1.82, 2.24) is 10.3 Å². The maximum atomic E-state index is 12.0. The van der Waals surface area contributed by atoms with Crippen LogP contribution in [-0.4, -0.2) is 42.1 Å². The summed E-state index contributed by atoms with van der Waals surface area (Å²) in [5, 5.41) is 16.4. The van der Waals surface area contributed by atoms with Crippen LogP contribution in [-0.2, 0) is 4.74 Å². The summed E-state index contributed by atoms with van der Waals surface area (Å²) >= 11 is 0. The van der Waals surface area contributed by atoms with E-state index in [-0.39, 0.29) is 23.9 Å². The molecule has 0 bridgehead atoms. The molecule has 8 nitrogen and oxygen atoms in total. The van der Waals surface area contributed by atoms with Crippen molar-refractivity contribution in [3.63, 3.8) is 0 Å². The normalized spacial score (nSPS) is 11.8. The summed E-state index contributed by atoms with van der Waals surface area (Å²) in [5.74, 6) is -0.106. The van der Waals surface area contributed by atoms with Crippen LogP contribution in [0.25, 0.3) is 0 Å². The Bertz CT molecular complexity index is 492. The highest BCUT2D eigenvalue weighted by Crippen LogP contribution is 2.20. The second-order valence-electron chi connectivity index (χ2n) is 4.13. The van der Waals surface area contributed by atoms with Gasteiger partial charge in [0.05, 0.1) is 11.0 Å². The summed E-state index contributed by atoms with van der Waals surface area (Å²) in [6.45, 7) is 4.52. The van der Waals surface area contributed by atoms with Gasteiger partial charge in [-0.3, -0.25) is 14.9 Å². The largest absolute Gasteiger partial charge is 0.380 e. The second-order valence-corrected chi connectivity index (χ2v) is 4.13. The second kappa shape index (κ2) is 7.39. The molecule has 110 valence electrons. The molecule has 0 aliphatic carbocycles. The number of ether oxygens (including phenoxy) is 1. The minimum absolute atomic E-state index is 0.0238. The molecule has 0 aliphatic heterocycles. The number of rotatable bonds is 7. The van der Waals surface area contributed by atoms with Gasteiger partial charge in [0.25, 0.3) is 11.6 Å². The number of nitro groups is 1. The molecule has 2 N–H and O–H groups in total. The number of nitrogens with zero attached hydrogens (tertiary/aromatic N) is 2. The van der Waals surface area contributed by atoms with Crippen molar-refractivity contribution >= 4 is 17.4 Å². The Morgan fingerprint density at radius 2 is 2.30 bits per heavy atom. The third kappa shape index (κ3) is 4.16. The van der Waals surface area contributed by atoms with E-state index in [9.17, 15) is 14.9 Å². The fraction of sp³-hybridized carbons (Fsp3) is 0.500. The fourth-order valence-corrected chi connectivity index (χ4v) is 1.47. The van der Waals surface area contributed by atoms with E-state index in [1.165, 1.54) is 13.2 Å². The van der Waals surface area contributed by atoms with Crippen LogP contribution in [0.2, 0.25) is 0 Å². The van der Waals surface area contributed by atoms with Crippen LogP contribution < -0.4 is 10.6 Å². The van der Waals surface area contributed by atoms with Gasteiger partial charge in [-0.25, -0.2) is 4.98 Å². The molecule has 1 amide bonds. The van der Waals surface area contributed by atoms with Crippen molar-refractivity contribution in [2.75, 3.05) is 25.5 Å². The zero-order valence-corrected chi connectivity index (χ0v) is 11.7. The molecule has 0 aliphatic rings. The predicted molar refractivity (Wildman–Crippen MR) is 73.9 cm³/mol. The third-order valence-corrected chi connectivity index (χ3v) is 2.63. The number of hydrogen-bond donors (Lipinski definition) is 2. The van der Waals surface area contributed by atoms with Crippen molar-refractivity contribution in [1.29, 1.82) is 0 Å². The van der Waals surface area contributed by atoms with Crippen LogP contribution in [0.15, 0.2) is 12.3 Å². The summed E-state index contributed by atoms with van der Waals surface area (Å²) in [6, 6.07) is 1.37. The van der Waals surface area contributed by atoms with Gasteiger partial charge in [0, 0.05) is 26.3 Å². The lowest BCUT2D eigenvalue weighted by Gasteiger charge is -2.11. The molecule has 20 heavy (non-hydrogen) atoms. The Balaban J connectivity index is 2.96. The van der Waals surface area contributed by atoms with Gasteiger partial charge in [-0.1, -0.05) is 0 Å². The van der Waals surface area contributed by atoms with Crippen molar-refractivity contribution in [2.24, 2.45) is 0 Å². The van der Waals surface area contributed by atoms with Crippen molar-refractivity contribution in [2.45, 2.75) is 20.0 Å². The number of nitrogens with one attached hydrogen (secondary N) is 2. The van der Waals surface area contributed by atoms with Crippen molar-refractivity contribution < 1.29 is 14.5 Å². The highest BCUT2D eigenvalue weighted by Gasteiger charge is 2.21. The average molecular weight is 282 g/mol. The lowest BCUT2D eigenvalue weighted by molar-refractivity contribution is -0.385. The summed E-state index contributed by atoms with van der Waals surface area (Å²) in [7, 11) is 1.52. The topological polar surface area (TPSA) is 106 Å². The first-order chi connectivity index (χ1) is 9.49. The molecule has 0 saturated heterocycles.